The number of esters is 1. The second-order valence-corrected chi connectivity index (χ2v) is 5.63. The number of alkyl halides is 3. The SMILES string of the molecule is COC(=O)CCCCO/N=C(/c1cccnc1)c1cccc(C(F)(F)F)c1. The van der Waals surface area contributed by atoms with Crippen LogP contribution in [0.4, 0.5) is 13.2 Å². The number of aromatic nitrogens is 1. The number of rotatable bonds is 8. The van der Waals surface area contributed by atoms with Gasteiger partial charge in [-0.1, -0.05) is 17.3 Å². The predicted octanol–water partition coefficient (Wildman–Crippen LogP) is 4.21. The fraction of sp³-hybridized carbons (Fsp3) is 0.316. The van der Waals surface area contributed by atoms with Gasteiger partial charge in [0.25, 0.3) is 0 Å². The van der Waals surface area contributed by atoms with Gasteiger partial charge in [-0.3, -0.25) is 9.78 Å². The van der Waals surface area contributed by atoms with E-state index in [9.17, 15) is 18.0 Å². The van der Waals surface area contributed by atoms with Crippen LogP contribution in [-0.4, -0.2) is 30.4 Å². The van der Waals surface area contributed by atoms with Gasteiger partial charge in [0.05, 0.1) is 12.7 Å². The van der Waals surface area contributed by atoms with E-state index in [0.717, 1.165) is 12.1 Å². The lowest BCUT2D eigenvalue weighted by atomic mass is 10.0. The van der Waals surface area contributed by atoms with Crippen molar-refractivity contribution in [3.8, 4) is 0 Å². The first-order valence-electron chi connectivity index (χ1n) is 8.26. The number of benzene rings is 1. The topological polar surface area (TPSA) is 60.8 Å². The van der Waals surface area contributed by atoms with Crippen molar-refractivity contribution in [2.45, 2.75) is 25.4 Å². The minimum atomic E-state index is -4.45. The van der Waals surface area contributed by atoms with E-state index in [4.69, 9.17) is 4.84 Å². The molecule has 0 N–H and O–H groups in total. The Morgan fingerprint density at radius 2 is 1.93 bits per heavy atom. The van der Waals surface area contributed by atoms with Gasteiger partial charge in [-0.05, 0) is 37.1 Å². The number of nitrogens with zero attached hydrogens (tertiary/aromatic N) is 2. The molecule has 8 heteroatoms. The number of pyridine rings is 1. The van der Waals surface area contributed by atoms with Crippen molar-refractivity contribution in [3.05, 3.63) is 65.5 Å². The summed E-state index contributed by atoms with van der Waals surface area (Å²) in [6.45, 7) is 0.222. The van der Waals surface area contributed by atoms with E-state index >= 15 is 0 Å². The Morgan fingerprint density at radius 1 is 1.15 bits per heavy atom. The third-order valence-corrected chi connectivity index (χ3v) is 3.65. The first-order chi connectivity index (χ1) is 12.9. The van der Waals surface area contributed by atoms with Crippen LogP contribution < -0.4 is 0 Å². The lowest BCUT2D eigenvalue weighted by molar-refractivity contribution is -0.141. The molecule has 0 radical (unpaired) electrons. The number of carbonyl (C=O) groups excluding carboxylic acids is 1. The third kappa shape index (κ3) is 6.40. The molecule has 2 rings (SSSR count). The molecule has 144 valence electrons. The summed E-state index contributed by atoms with van der Waals surface area (Å²) < 4.78 is 43.5. The molecule has 0 saturated heterocycles. The molecule has 0 aliphatic carbocycles. The second-order valence-electron chi connectivity index (χ2n) is 5.63. The Balaban J connectivity index is 2.15. The summed E-state index contributed by atoms with van der Waals surface area (Å²) in [6, 6.07) is 8.22. The summed E-state index contributed by atoms with van der Waals surface area (Å²) in [5, 5.41) is 4.02. The quantitative estimate of drug-likeness (QED) is 0.298. The number of hydrogen-bond acceptors (Lipinski definition) is 5. The van der Waals surface area contributed by atoms with Gasteiger partial charge in [0.1, 0.15) is 12.3 Å². The molecule has 0 aliphatic heterocycles. The lowest BCUT2D eigenvalue weighted by Gasteiger charge is -2.11. The zero-order chi connectivity index (χ0) is 19.7. The van der Waals surface area contributed by atoms with Gasteiger partial charge in [0.15, 0.2) is 0 Å². The van der Waals surface area contributed by atoms with Crippen LogP contribution in [-0.2, 0) is 20.5 Å². The Kier molecular flexibility index (Phi) is 7.34. The molecule has 0 saturated carbocycles. The molecule has 0 unspecified atom stereocenters. The van der Waals surface area contributed by atoms with Crippen molar-refractivity contribution >= 4 is 11.7 Å². The molecule has 0 fully saturated rings. The summed E-state index contributed by atoms with van der Waals surface area (Å²) in [6.07, 6.45) is -0.00636. The first kappa shape index (κ1) is 20.4. The van der Waals surface area contributed by atoms with Crippen LogP contribution in [0, 0.1) is 0 Å². The van der Waals surface area contributed by atoms with Crippen LogP contribution in [0.1, 0.15) is 36.0 Å². The van der Waals surface area contributed by atoms with Gasteiger partial charge in [-0.2, -0.15) is 13.2 Å². The van der Waals surface area contributed by atoms with Crippen LogP contribution in [0.25, 0.3) is 0 Å². The van der Waals surface area contributed by atoms with Crippen LogP contribution >= 0.6 is 0 Å². The maximum Gasteiger partial charge on any atom is 0.416 e. The van der Waals surface area contributed by atoms with Gasteiger partial charge in [-0.15, -0.1) is 0 Å². The third-order valence-electron chi connectivity index (χ3n) is 3.65. The Bertz CT molecular complexity index is 777. The molecule has 27 heavy (non-hydrogen) atoms. The van der Waals surface area contributed by atoms with Crippen LogP contribution in [0.3, 0.4) is 0 Å². The minimum absolute atomic E-state index is 0.222. The Hall–Kier alpha value is -2.90. The average molecular weight is 380 g/mol. The highest BCUT2D eigenvalue weighted by Gasteiger charge is 2.30. The van der Waals surface area contributed by atoms with Crippen molar-refractivity contribution in [2.24, 2.45) is 5.16 Å². The number of carbonyl (C=O) groups is 1. The molecule has 0 spiro atoms. The van der Waals surface area contributed by atoms with Gasteiger partial charge < -0.3 is 9.57 Å². The van der Waals surface area contributed by atoms with E-state index in [-0.39, 0.29) is 30.3 Å². The molecule has 1 aromatic heterocycles. The molecule has 5 nitrogen and oxygen atoms in total. The summed E-state index contributed by atoms with van der Waals surface area (Å²) in [5.41, 5.74) is 0.288. The molecule has 0 bridgehead atoms. The smallest absolute Gasteiger partial charge is 0.416 e. The number of oxime groups is 1. The average Bonchev–Trinajstić information content (AvgIpc) is 2.67. The number of unbranched alkanes of at least 4 members (excludes halogenated alkanes) is 1. The van der Waals surface area contributed by atoms with E-state index < -0.39 is 11.7 Å². The lowest BCUT2D eigenvalue weighted by Crippen LogP contribution is -2.10. The Labute approximate surface area is 154 Å². The van der Waals surface area contributed by atoms with E-state index in [1.807, 2.05) is 0 Å². The van der Waals surface area contributed by atoms with Crippen LogP contribution in [0.15, 0.2) is 53.9 Å². The molecule has 0 atom stereocenters. The van der Waals surface area contributed by atoms with Crippen molar-refractivity contribution < 1.29 is 27.5 Å². The van der Waals surface area contributed by atoms with Crippen molar-refractivity contribution in [1.29, 1.82) is 0 Å². The predicted molar refractivity (Wildman–Crippen MR) is 93.1 cm³/mol. The van der Waals surface area contributed by atoms with Gasteiger partial charge >= 0.3 is 12.1 Å². The second kappa shape index (κ2) is 9.70. The molecule has 0 amide bonds. The Morgan fingerprint density at radius 3 is 2.59 bits per heavy atom. The highest BCUT2D eigenvalue weighted by molar-refractivity contribution is 6.12. The maximum atomic E-state index is 13.0. The number of hydrogen-bond donors (Lipinski definition) is 0. The van der Waals surface area contributed by atoms with E-state index in [2.05, 4.69) is 14.9 Å². The van der Waals surface area contributed by atoms with E-state index in [1.165, 1.54) is 25.4 Å². The molecular formula is C19H19F3N2O3. The molecular weight excluding hydrogens is 361 g/mol. The minimum Gasteiger partial charge on any atom is -0.469 e. The monoisotopic (exact) mass is 380 g/mol. The normalized spacial score (nSPS) is 11.9. The number of methoxy groups -OCH3 is 1. The largest absolute Gasteiger partial charge is 0.469 e. The van der Waals surface area contributed by atoms with Crippen molar-refractivity contribution in [2.75, 3.05) is 13.7 Å². The zero-order valence-electron chi connectivity index (χ0n) is 14.7. The zero-order valence-corrected chi connectivity index (χ0v) is 14.7. The fourth-order valence-electron chi connectivity index (χ4n) is 2.27. The summed E-state index contributed by atoms with van der Waals surface area (Å²) in [5.74, 6) is -0.307. The van der Waals surface area contributed by atoms with E-state index in [0.29, 0.717) is 18.4 Å². The molecule has 0 aliphatic rings. The summed E-state index contributed by atoms with van der Waals surface area (Å²) in [4.78, 5) is 20.3. The fourth-order valence-corrected chi connectivity index (χ4v) is 2.27. The molecule has 2 aromatic rings. The van der Waals surface area contributed by atoms with Crippen molar-refractivity contribution in [1.82, 2.24) is 4.98 Å². The summed E-state index contributed by atoms with van der Waals surface area (Å²) >= 11 is 0. The standard InChI is InChI=1S/C19H19F3N2O3/c1-26-17(25)9-2-3-11-27-24-18(15-7-5-10-23-13-15)14-6-4-8-16(12-14)19(20,21)22/h4-8,10,12-13H,2-3,9,11H2,1H3/b24-18+. The van der Waals surface area contributed by atoms with Gasteiger partial charge in [0, 0.05) is 29.9 Å². The van der Waals surface area contributed by atoms with Crippen molar-refractivity contribution in [3.63, 3.8) is 0 Å². The summed E-state index contributed by atoms with van der Waals surface area (Å²) in [7, 11) is 1.32. The number of ether oxygens (including phenoxy) is 1. The molecule has 1 aromatic carbocycles. The first-order valence-corrected chi connectivity index (χ1v) is 8.26. The van der Waals surface area contributed by atoms with E-state index in [1.54, 1.807) is 18.3 Å². The highest BCUT2D eigenvalue weighted by Crippen LogP contribution is 2.30. The molecule has 1 heterocycles. The van der Waals surface area contributed by atoms with Gasteiger partial charge in [-0.25, -0.2) is 0 Å². The number of halogens is 3. The van der Waals surface area contributed by atoms with Gasteiger partial charge in [0.2, 0.25) is 0 Å². The van der Waals surface area contributed by atoms with Crippen LogP contribution in [0.2, 0.25) is 0 Å². The van der Waals surface area contributed by atoms with Crippen LogP contribution in [0.5, 0.6) is 0 Å². The maximum absolute atomic E-state index is 13.0. The highest BCUT2D eigenvalue weighted by atomic mass is 19.4.